The lowest BCUT2D eigenvalue weighted by Gasteiger charge is -2.36. The van der Waals surface area contributed by atoms with Crippen LogP contribution in [0.2, 0.25) is 0 Å². The van der Waals surface area contributed by atoms with E-state index in [9.17, 15) is 14.7 Å². The summed E-state index contributed by atoms with van der Waals surface area (Å²) in [6.45, 7) is 3.53. The maximum absolute atomic E-state index is 12.6. The molecule has 1 amide bonds. The minimum Gasteiger partial charge on any atom is -0.490 e. The van der Waals surface area contributed by atoms with Crippen molar-refractivity contribution in [1.29, 1.82) is 0 Å². The Bertz CT molecular complexity index is 628. The molecular weight excluding hydrogens is 334 g/mol. The molecule has 2 N–H and O–H groups in total. The van der Waals surface area contributed by atoms with Crippen LogP contribution in [0.15, 0.2) is 24.3 Å². The molecule has 3 rings (SSSR count). The van der Waals surface area contributed by atoms with Crippen molar-refractivity contribution in [3.8, 4) is 5.75 Å². The third-order valence-corrected chi connectivity index (χ3v) is 5.48. The highest BCUT2D eigenvalue weighted by Gasteiger charge is 2.42. The van der Waals surface area contributed by atoms with Crippen LogP contribution in [0.1, 0.15) is 55.8 Å². The Balaban J connectivity index is 1.62. The zero-order valence-corrected chi connectivity index (χ0v) is 15.2. The first-order valence-electron chi connectivity index (χ1n) is 9.39. The Kier molecular flexibility index (Phi) is 5.81. The van der Waals surface area contributed by atoms with Gasteiger partial charge in [0, 0.05) is 18.4 Å². The first-order chi connectivity index (χ1) is 12.5. The maximum Gasteiger partial charge on any atom is 0.329 e. The first kappa shape index (κ1) is 18.7. The summed E-state index contributed by atoms with van der Waals surface area (Å²) in [5, 5.41) is 12.4. The molecule has 1 aliphatic heterocycles. The summed E-state index contributed by atoms with van der Waals surface area (Å²) in [6, 6.07) is 6.90. The van der Waals surface area contributed by atoms with Crippen molar-refractivity contribution in [2.45, 2.75) is 57.1 Å². The number of hydrogen-bond donors (Lipinski definition) is 2. The fourth-order valence-electron chi connectivity index (χ4n) is 3.61. The number of carbonyl (C=O) groups is 2. The zero-order chi connectivity index (χ0) is 18.6. The molecule has 2 fully saturated rings. The van der Waals surface area contributed by atoms with Crippen molar-refractivity contribution in [3.05, 3.63) is 29.8 Å². The third kappa shape index (κ3) is 4.36. The first-order valence-corrected chi connectivity index (χ1v) is 9.39. The molecule has 1 saturated heterocycles. The minimum absolute atomic E-state index is 0.142. The molecule has 1 aliphatic carbocycles. The van der Waals surface area contributed by atoms with E-state index < -0.39 is 11.5 Å². The number of ether oxygens (including phenoxy) is 2. The monoisotopic (exact) mass is 361 g/mol. The number of carboxylic acid groups (broad SMARTS) is 1. The van der Waals surface area contributed by atoms with Gasteiger partial charge < -0.3 is 19.9 Å². The minimum atomic E-state index is -1.15. The molecule has 0 unspecified atom stereocenters. The smallest absolute Gasteiger partial charge is 0.329 e. The van der Waals surface area contributed by atoms with Crippen molar-refractivity contribution in [3.63, 3.8) is 0 Å². The van der Waals surface area contributed by atoms with Crippen molar-refractivity contribution in [2.24, 2.45) is 5.92 Å². The molecule has 0 atom stereocenters. The molecule has 0 bridgehead atoms. The van der Waals surface area contributed by atoms with E-state index in [0.29, 0.717) is 43.3 Å². The number of carbonyl (C=O) groups excluding carboxylic acids is 1. The summed E-state index contributed by atoms with van der Waals surface area (Å²) in [4.78, 5) is 24.4. The van der Waals surface area contributed by atoms with Gasteiger partial charge in [-0.1, -0.05) is 6.92 Å². The van der Waals surface area contributed by atoms with Crippen LogP contribution in [0, 0.1) is 5.92 Å². The van der Waals surface area contributed by atoms with Crippen molar-refractivity contribution in [2.75, 3.05) is 13.2 Å². The Labute approximate surface area is 153 Å². The van der Waals surface area contributed by atoms with Gasteiger partial charge in [-0.25, -0.2) is 4.79 Å². The lowest BCUT2D eigenvalue weighted by Crippen LogP contribution is -2.56. The van der Waals surface area contributed by atoms with Crippen molar-refractivity contribution < 1.29 is 24.2 Å². The number of amides is 1. The predicted molar refractivity (Wildman–Crippen MR) is 96.4 cm³/mol. The molecule has 0 aromatic heterocycles. The Morgan fingerprint density at radius 1 is 1.12 bits per heavy atom. The lowest BCUT2D eigenvalue weighted by atomic mass is 9.77. The van der Waals surface area contributed by atoms with E-state index in [-0.39, 0.29) is 12.0 Å². The molecule has 1 aromatic rings. The topological polar surface area (TPSA) is 84.9 Å². The number of nitrogens with one attached hydrogen (secondary N) is 1. The van der Waals surface area contributed by atoms with E-state index in [1.807, 2.05) is 0 Å². The molecule has 6 heteroatoms. The van der Waals surface area contributed by atoms with Crippen LogP contribution in [-0.4, -0.2) is 41.8 Å². The molecule has 1 aromatic carbocycles. The maximum atomic E-state index is 12.6. The van der Waals surface area contributed by atoms with E-state index >= 15 is 0 Å². The van der Waals surface area contributed by atoms with Gasteiger partial charge >= 0.3 is 5.97 Å². The number of rotatable bonds is 5. The standard InChI is InChI=1S/C20H27NO5/c1-14-6-10-20(11-7-14,19(23)24)21-18(22)15-2-4-16(5-3-15)26-17-8-12-25-13-9-17/h2-5,14,17H,6-13H2,1H3,(H,21,22)(H,23,24). The van der Waals surface area contributed by atoms with Gasteiger partial charge in [-0.05, 0) is 55.9 Å². The van der Waals surface area contributed by atoms with Crippen molar-refractivity contribution in [1.82, 2.24) is 5.32 Å². The fourth-order valence-corrected chi connectivity index (χ4v) is 3.61. The van der Waals surface area contributed by atoms with E-state index in [2.05, 4.69) is 12.2 Å². The van der Waals surface area contributed by atoms with E-state index in [1.54, 1.807) is 24.3 Å². The second kappa shape index (κ2) is 8.08. The summed E-state index contributed by atoms with van der Waals surface area (Å²) in [5.74, 6) is -0.0781. The second-order valence-corrected chi connectivity index (χ2v) is 7.48. The van der Waals surface area contributed by atoms with Gasteiger partial charge in [-0.15, -0.1) is 0 Å². The van der Waals surface area contributed by atoms with Gasteiger partial charge in [-0.2, -0.15) is 0 Å². The summed E-state index contributed by atoms with van der Waals surface area (Å²) < 4.78 is 11.2. The summed E-state index contributed by atoms with van der Waals surface area (Å²) >= 11 is 0. The van der Waals surface area contributed by atoms with Gasteiger partial charge in [0.05, 0.1) is 13.2 Å². The van der Waals surface area contributed by atoms with Crippen LogP contribution >= 0.6 is 0 Å². The van der Waals surface area contributed by atoms with Gasteiger partial charge in [0.25, 0.3) is 5.91 Å². The normalized spacial score (nSPS) is 26.9. The fraction of sp³-hybridized carbons (Fsp3) is 0.600. The Morgan fingerprint density at radius 3 is 2.31 bits per heavy atom. The van der Waals surface area contributed by atoms with Crippen LogP contribution in [0.3, 0.4) is 0 Å². The molecular formula is C20H27NO5. The highest BCUT2D eigenvalue weighted by molar-refractivity contribution is 5.98. The van der Waals surface area contributed by atoms with Gasteiger partial charge in [0.15, 0.2) is 0 Å². The van der Waals surface area contributed by atoms with Gasteiger partial charge in [-0.3, -0.25) is 4.79 Å². The average molecular weight is 361 g/mol. The number of hydrogen-bond acceptors (Lipinski definition) is 4. The van der Waals surface area contributed by atoms with E-state index in [1.165, 1.54) is 0 Å². The quantitative estimate of drug-likeness (QED) is 0.842. The average Bonchev–Trinajstić information content (AvgIpc) is 2.65. The molecule has 26 heavy (non-hydrogen) atoms. The molecule has 1 saturated carbocycles. The SMILES string of the molecule is CC1CCC(NC(=O)c2ccc(OC3CCOCC3)cc2)(C(=O)O)CC1. The predicted octanol–water partition coefficient (Wildman–Crippen LogP) is 3.01. The molecule has 2 aliphatic rings. The Morgan fingerprint density at radius 2 is 1.73 bits per heavy atom. The number of aliphatic carboxylic acids is 1. The highest BCUT2D eigenvalue weighted by atomic mass is 16.5. The second-order valence-electron chi connectivity index (χ2n) is 7.48. The summed E-state index contributed by atoms with van der Waals surface area (Å²) in [7, 11) is 0. The van der Waals surface area contributed by atoms with Crippen LogP contribution in [0.4, 0.5) is 0 Å². The van der Waals surface area contributed by atoms with Crippen LogP contribution in [0.25, 0.3) is 0 Å². The molecule has 6 nitrogen and oxygen atoms in total. The van der Waals surface area contributed by atoms with E-state index in [0.717, 1.165) is 25.7 Å². The molecule has 0 radical (unpaired) electrons. The van der Waals surface area contributed by atoms with Gasteiger partial charge in [0.1, 0.15) is 17.4 Å². The van der Waals surface area contributed by atoms with Crippen molar-refractivity contribution >= 4 is 11.9 Å². The zero-order valence-electron chi connectivity index (χ0n) is 15.2. The molecule has 0 spiro atoms. The van der Waals surface area contributed by atoms with Crippen LogP contribution in [0.5, 0.6) is 5.75 Å². The molecule has 1 heterocycles. The highest BCUT2D eigenvalue weighted by Crippen LogP contribution is 2.32. The van der Waals surface area contributed by atoms with E-state index in [4.69, 9.17) is 9.47 Å². The number of benzene rings is 1. The summed E-state index contributed by atoms with van der Waals surface area (Å²) in [6.07, 6.45) is 4.43. The Hall–Kier alpha value is -2.08. The lowest BCUT2D eigenvalue weighted by molar-refractivity contribution is -0.146. The van der Waals surface area contributed by atoms with Gasteiger partial charge in [0.2, 0.25) is 0 Å². The summed E-state index contributed by atoms with van der Waals surface area (Å²) in [5.41, 5.74) is -0.704. The van der Waals surface area contributed by atoms with Crippen LogP contribution in [-0.2, 0) is 9.53 Å². The largest absolute Gasteiger partial charge is 0.490 e. The van der Waals surface area contributed by atoms with Crippen LogP contribution < -0.4 is 10.1 Å². The number of carboxylic acids is 1. The third-order valence-electron chi connectivity index (χ3n) is 5.48. The molecule has 142 valence electrons.